The molecule has 9 heteroatoms. The molecule has 0 aromatic heterocycles. The third kappa shape index (κ3) is 4.86. The van der Waals surface area contributed by atoms with Crippen LogP contribution in [-0.2, 0) is 26.1 Å². The zero-order valence-corrected chi connectivity index (χ0v) is 17.0. The van der Waals surface area contributed by atoms with Gasteiger partial charge in [-0.25, -0.2) is 4.79 Å². The van der Waals surface area contributed by atoms with Gasteiger partial charge in [0.25, 0.3) is 0 Å². The van der Waals surface area contributed by atoms with Crippen LogP contribution in [0.4, 0.5) is 16.2 Å². The van der Waals surface area contributed by atoms with Crippen LogP contribution >= 0.6 is 0 Å². The molecule has 1 N–H and O–H groups in total. The molecule has 0 atom stereocenters. The zero-order valence-electron chi connectivity index (χ0n) is 16.2. The molecule has 0 aliphatic carbocycles. The lowest BCUT2D eigenvalue weighted by Gasteiger charge is -2.28. The highest BCUT2D eigenvalue weighted by Gasteiger charge is 2.24. The van der Waals surface area contributed by atoms with Gasteiger partial charge < -0.3 is 13.8 Å². The van der Waals surface area contributed by atoms with Crippen LogP contribution in [0.3, 0.4) is 0 Å². The van der Waals surface area contributed by atoms with Crippen LogP contribution in [0.2, 0.25) is 0 Å². The molecule has 0 bridgehead atoms. The number of rotatable bonds is 5. The third-order valence-electron chi connectivity index (χ3n) is 4.40. The zero-order chi connectivity index (χ0) is 21.0. The van der Waals surface area contributed by atoms with Crippen LogP contribution < -0.4 is 14.4 Å². The molecule has 2 aromatic rings. The normalized spacial score (nSPS) is 13.4. The Balaban J connectivity index is 1.82. The summed E-state index contributed by atoms with van der Waals surface area (Å²) in [5, 5.41) is 2.49. The minimum atomic E-state index is -4.09. The molecule has 1 aliphatic heterocycles. The van der Waals surface area contributed by atoms with Crippen molar-refractivity contribution in [2.24, 2.45) is 0 Å². The number of hydrogen-bond donors (Lipinski definition) is 1. The van der Waals surface area contributed by atoms with Gasteiger partial charge in [0.05, 0.1) is 6.61 Å². The molecular weight excluding hydrogens is 396 g/mol. The molecule has 2 aromatic carbocycles. The van der Waals surface area contributed by atoms with Crippen molar-refractivity contribution in [3.8, 4) is 5.75 Å². The first-order valence-corrected chi connectivity index (χ1v) is 10.6. The van der Waals surface area contributed by atoms with Gasteiger partial charge in [-0.2, -0.15) is 8.42 Å². The topological polar surface area (TPSA) is 102 Å². The second-order valence-electron chi connectivity index (χ2n) is 6.48. The number of nitrogens with zero attached hydrogens (tertiary/aromatic N) is 1. The summed E-state index contributed by atoms with van der Waals surface area (Å²) in [7, 11) is -4.09. The van der Waals surface area contributed by atoms with Gasteiger partial charge in [-0.3, -0.25) is 10.1 Å². The molecule has 0 saturated heterocycles. The van der Waals surface area contributed by atoms with E-state index in [9.17, 15) is 18.0 Å². The van der Waals surface area contributed by atoms with Crippen molar-refractivity contribution in [1.29, 1.82) is 0 Å². The number of anilines is 2. The van der Waals surface area contributed by atoms with Gasteiger partial charge in [0.1, 0.15) is 10.6 Å². The van der Waals surface area contributed by atoms with Crippen LogP contribution in [-0.4, -0.2) is 33.6 Å². The molecule has 8 nitrogen and oxygen atoms in total. The Kier molecular flexibility index (Phi) is 6.07. The lowest BCUT2D eigenvalue weighted by Crippen LogP contribution is -2.33. The van der Waals surface area contributed by atoms with E-state index >= 15 is 0 Å². The summed E-state index contributed by atoms with van der Waals surface area (Å²) in [6.45, 7) is 4.00. The summed E-state index contributed by atoms with van der Waals surface area (Å²) in [6.07, 6.45) is 0.803. The summed E-state index contributed by atoms with van der Waals surface area (Å²) in [5.41, 5.74) is 1.86. The van der Waals surface area contributed by atoms with Crippen molar-refractivity contribution in [3.63, 3.8) is 0 Å². The Hall–Kier alpha value is -3.07. The highest BCUT2D eigenvalue weighted by atomic mass is 32.2. The largest absolute Gasteiger partial charge is 0.450 e. The maximum absolute atomic E-state index is 12.7. The van der Waals surface area contributed by atoms with Gasteiger partial charge in [0, 0.05) is 30.9 Å². The average molecular weight is 418 g/mol. The van der Waals surface area contributed by atoms with Gasteiger partial charge in [0.2, 0.25) is 5.91 Å². The molecule has 0 fully saturated rings. The standard InChI is InChI=1S/C20H22N2O6S/c1-3-27-20(24)21-16-7-4-8-17(13-16)28-29(25,26)18-9-10-19-15(12-18)6-5-11-22(19)14(2)23/h4,7-10,12-13H,3,5-6,11H2,1-2H3,(H,21,24). The number of ether oxygens (including phenoxy) is 1. The molecule has 154 valence electrons. The van der Waals surface area contributed by atoms with E-state index < -0.39 is 16.2 Å². The Bertz CT molecular complexity index is 1040. The first-order valence-electron chi connectivity index (χ1n) is 9.19. The predicted molar refractivity (Wildman–Crippen MR) is 108 cm³/mol. The van der Waals surface area contributed by atoms with Gasteiger partial charge in [-0.1, -0.05) is 6.07 Å². The molecular formula is C20H22N2O6S. The van der Waals surface area contributed by atoms with E-state index in [4.69, 9.17) is 8.92 Å². The fraction of sp³-hybridized carbons (Fsp3) is 0.300. The molecule has 3 rings (SSSR count). The number of carbonyl (C=O) groups is 2. The van der Waals surface area contributed by atoms with Crippen molar-refractivity contribution in [2.75, 3.05) is 23.4 Å². The van der Waals surface area contributed by atoms with E-state index in [1.807, 2.05) is 0 Å². The second kappa shape index (κ2) is 8.52. The van der Waals surface area contributed by atoms with E-state index in [1.165, 1.54) is 25.1 Å². The number of aryl methyl sites for hydroxylation is 1. The van der Waals surface area contributed by atoms with Crippen LogP contribution in [0.5, 0.6) is 5.75 Å². The molecule has 0 saturated carbocycles. The van der Waals surface area contributed by atoms with E-state index in [-0.39, 0.29) is 23.2 Å². The second-order valence-corrected chi connectivity index (χ2v) is 8.02. The molecule has 1 heterocycles. The molecule has 1 aliphatic rings. The van der Waals surface area contributed by atoms with Crippen molar-refractivity contribution >= 4 is 33.5 Å². The molecule has 0 radical (unpaired) electrons. The molecule has 2 amide bonds. The number of benzene rings is 2. The van der Waals surface area contributed by atoms with E-state index in [2.05, 4.69) is 5.32 Å². The van der Waals surface area contributed by atoms with E-state index in [1.54, 1.807) is 36.1 Å². The highest BCUT2D eigenvalue weighted by Crippen LogP contribution is 2.30. The molecule has 0 unspecified atom stereocenters. The van der Waals surface area contributed by atoms with Crippen LogP contribution in [0, 0.1) is 0 Å². The number of fused-ring (bicyclic) bond motifs is 1. The maximum Gasteiger partial charge on any atom is 0.411 e. The number of carbonyl (C=O) groups excluding carboxylic acids is 2. The fourth-order valence-corrected chi connectivity index (χ4v) is 4.12. The highest BCUT2D eigenvalue weighted by molar-refractivity contribution is 7.87. The van der Waals surface area contributed by atoms with Crippen molar-refractivity contribution in [1.82, 2.24) is 0 Å². The van der Waals surface area contributed by atoms with Crippen molar-refractivity contribution < 1.29 is 26.9 Å². The quantitative estimate of drug-likeness (QED) is 0.748. The first kappa shape index (κ1) is 20.7. The molecule has 29 heavy (non-hydrogen) atoms. The lowest BCUT2D eigenvalue weighted by molar-refractivity contribution is -0.116. The summed E-state index contributed by atoms with van der Waals surface area (Å²) in [5.74, 6) is -0.0221. The van der Waals surface area contributed by atoms with Crippen LogP contribution in [0.1, 0.15) is 25.8 Å². The van der Waals surface area contributed by atoms with Gasteiger partial charge >= 0.3 is 16.2 Å². The SMILES string of the molecule is CCOC(=O)Nc1cccc(OS(=O)(=O)c2ccc3c(c2)CCCN3C(C)=O)c1. The minimum absolute atomic E-state index is 0.00501. The Morgan fingerprint density at radius 2 is 1.97 bits per heavy atom. The summed E-state index contributed by atoms with van der Waals surface area (Å²) < 4.78 is 35.5. The number of hydrogen-bond acceptors (Lipinski definition) is 6. The van der Waals surface area contributed by atoms with Crippen molar-refractivity contribution in [2.45, 2.75) is 31.6 Å². The maximum atomic E-state index is 12.7. The van der Waals surface area contributed by atoms with Crippen LogP contribution in [0.25, 0.3) is 0 Å². The Labute approximate surface area is 169 Å². The van der Waals surface area contributed by atoms with Crippen molar-refractivity contribution in [3.05, 3.63) is 48.0 Å². The lowest BCUT2D eigenvalue weighted by atomic mass is 10.0. The number of amides is 2. The van der Waals surface area contributed by atoms with Crippen LogP contribution in [0.15, 0.2) is 47.4 Å². The smallest absolute Gasteiger partial charge is 0.411 e. The number of nitrogens with one attached hydrogen (secondary N) is 1. The van der Waals surface area contributed by atoms with Gasteiger partial charge in [-0.05, 0) is 55.7 Å². The predicted octanol–water partition coefficient (Wildman–Crippen LogP) is 3.32. The molecule has 0 spiro atoms. The summed E-state index contributed by atoms with van der Waals surface area (Å²) in [4.78, 5) is 24.9. The Morgan fingerprint density at radius 1 is 1.17 bits per heavy atom. The first-order chi connectivity index (χ1) is 13.8. The average Bonchev–Trinajstić information content (AvgIpc) is 2.67. The monoisotopic (exact) mass is 418 g/mol. The van der Waals surface area contributed by atoms with Gasteiger partial charge in [-0.15, -0.1) is 0 Å². The van der Waals surface area contributed by atoms with E-state index in [0.29, 0.717) is 18.7 Å². The summed E-state index contributed by atoms with van der Waals surface area (Å²) in [6, 6.07) is 10.6. The third-order valence-corrected chi connectivity index (χ3v) is 5.64. The van der Waals surface area contributed by atoms with E-state index in [0.717, 1.165) is 17.7 Å². The Morgan fingerprint density at radius 3 is 2.69 bits per heavy atom. The fourth-order valence-electron chi connectivity index (χ4n) is 3.14. The van der Waals surface area contributed by atoms with Gasteiger partial charge in [0.15, 0.2) is 0 Å². The minimum Gasteiger partial charge on any atom is -0.450 e. The summed E-state index contributed by atoms with van der Waals surface area (Å²) >= 11 is 0.